The van der Waals surface area contributed by atoms with Gasteiger partial charge in [-0.25, -0.2) is 4.39 Å². The SMILES string of the molecule is CCCNC(Cc1cc(F)ccc1Cl)c1cc(OC)cs1. The summed E-state index contributed by atoms with van der Waals surface area (Å²) < 4.78 is 18.7. The minimum absolute atomic E-state index is 0.109. The zero-order valence-corrected chi connectivity index (χ0v) is 13.7. The molecule has 2 aromatic rings. The first-order chi connectivity index (χ1) is 10.1. The van der Waals surface area contributed by atoms with E-state index in [0.717, 1.165) is 24.3 Å². The van der Waals surface area contributed by atoms with Gasteiger partial charge in [0.05, 0.1) is 7.11 Å². The fraction of sp³-hybridized carbons (Fsp3) is 0.375. The van der Waals surface area contributed by atoms with E-state index in [9.17, 15) is 4.39 Å². The highest BCUT2D eigenvalue weighted by Gasteiger charge is 2.16. The van der Waals surface area contributed by atoms with Gasteiger partial charge in [0.1, 0.15) is 11.6 Å². The van der Waals surface area contributed by atoms with Gasteiger partial charge in [-0.15, -0.1) is 11.3 Å². The first-order valence-corrected chi connectivity index (χ1v) is 8.19. The molecular formula is C16H19ClFNOS. The third-order valence-electron chi connectivity index (χ3n) is 3.25. The Morgan fingerprint density at radius 1 is 1.38 bits per heavy atom. The molecule has 1 aromatic carbocycles. The Bertz CT molecular complexity index is 587. The second-order valence-corrected chi connectivity index (χ2v) is 6.19. The van der Waals surface area contributed by atoms with Crippen LogP contribution < -0.4 is 10.1 Å². The Balaban J connectivity index is 2.21. The smallest absolute Gasteiger partial charge is 0.129 e. The van der Waals surface area contributed by atoms with E-state index in [1.165, 1.54) is 17.0 Å². The summed E-state index contributed by atoms with van der Waals surface area (Å²) in [5.74, 6) is 0.594. The molecule has 0 fully saturated rings. The lowest BCUT2D eigenvalue weighted by Crippen LogP contribution is -2.23. The molecule has 0 aliphatic carbocycles. The molecule has 2 rings (SSSR count). The van der Waals surface area contributed by atoms with Crippen molar-refractivity contribution in [2.75, 3.05) is 13.7 Å². The van der Waals surface area contributed by atoms with Gasteiger partial charge in [0, 0.05) is 21.3 Å². The van der Waals surface area contributed by atoms with Crippen LogP contribution in [0.5, 0.6) is 5.75 Å². The molecule has 21 heavy (non-hydrogen) atoms. The van der Waals surface area contributed by atoms with Gasteiger partial charge >= 0.3 is 0 Å². The van der Waals surface area contributed by atoms with Crippen LogP contribution in [0.25, 0.3) is 0 Å². The Morgan fingerprint density at radius 2 is 2.19 bits per heavy atom. The van der Waals surface area contributed by atoms with Gasteiger partial charge in [-0.05, 0) is 49.2 Å². The highest BCUT2D eigenvalue weighted by molar-refractivity contribution is 7.10. The Kier molecular flexibility index (Phi) is 6.03. The second kappa shape index (κ2) is 7.78. The molecule has 0 spiro atoms. The van der Waals surface area contributed by atoms with Crippen molar-refractivity contribution in [1.82, 2.24) is 5.32 Å². The van der Waals surface area contributed by atoms with Crippen LogP contribution in [0.2, 0.25) is 5.02 Å². The van der Waals surface area contributed by atoms with E-state index in [1.54, 1.807) is 24.5 Å². The summed E-state index contributed by atoms with van der Waals surface area (Å²) in [6.45, 7) is 3.02. The van der Waals surface area contributed by atoms with Crippen LogP contribution in [0.4, 0.5) is 4.39 Å². The van der Waals surface area contributed by atoms with Gasteiger partial charge in [0.25, 0.3) is 0 Å². The van der Waals surface area contributed by atoms with E-state index in [4.69, 9.17) is 16.3 Å². The van der Waals surface area contributed by atoms with Gasteiger partial charge in [-0.1, -0.05) is 18.5 Å². The molecule has 0 amide bonds. The number of hydrogen-bond acceptors (Lipinski definition) is 3. The molecule has 2 nitrogen and oxygen atoms in total. The number of thiophene rings is 1. The fourth-order valence-electron chi connectivity index (χ4n) is 2.14. The largest absolute Gasteiger partial charge is 0.496 e. The summed E-state index contributed by atoms with van der Waals surface area (Å²) in [5, 5.41) is 6.07. The summed E-state index contributed by atoms with van der Waals surface area (Å²) >= 11 is 7.82. The van der Waals surface area contributed by atoms with Crippen molar-refractivity contribution < 1.29 is 9.13 Å². The van der Waals surface area contributed by atoms with Crippen molar-refractivity contribution >= 4 is 22.9 Å². The number of benzene rings is 1. The first-order valence-electron chi connectivity index (χ1n) is 6.93. The lowest BCUT2D eigenvalue weighted by atomic mass is 10.0. The predicted octanol–water partition coefficient (Wildman–Crippen LogP) is 4.83. The van der Waals surface area contributed by atoms with Gasteiger partial charge < -0.3 is 10.1 Å². The van der Waals surface area contributed by atoms with Crippen molar-refractivity contribution in [3.63, 3.8) is 0 Å². The summed E-state index contributed by atoms with van der Waals surface area (Å²) in [7, 11) is 1.66. The molecule has 0 saturated heterocycles. The van der Waals surface area contributed by atoms with E-state index < -0.39 is 0 Å². The zero-order valence-electron chi connectivity index (χ0n) is 12.2. The molecule has 0 bridgehead atoms. The third-order valence-corrected chi connectivity index (χ3v) is 4.64. The predicted molar refractivity (Wildman–Crippen MR) is 87.0 cm³/mol. The summed E-state index contributed by atoms with van der Waals surface area (Å²) in [5.41, 5.74) is 0.817. The maximum atomic E-state index is 13.4. The van der Waals surface area contributed by atoms with E-state index in [2.05, 4.69) is 12.2 Å². The molecule has 0 saturated carbocycles. The van der Waals surface area contributed by atoms with Crippen molar-refractivity contribution in [3.8, 4) is 5.75 Å². The average Bonchev–Trinajstić information content (AvgIpc) is 2.95. The van der Waals surface area contributed by atoms with Crippen LogP contribution >= 0.6 is 22.9 Å². The highest BCUT2D eigenvalue weighted by Crippen LogP contribution is 2.31. The molecule has 0 aliphatic rings. The summed E-state index contributed by atoms with van der Waals surface area (Å²) in [4.78, 5) is 1.17. The monoisotopic (exact) mass is 327 g/mol. The molecule has 1 N–H and O–H groups in total. The number of hydrogen-bond donors (Lipinski definition) is 1. The molecule has 5 heteroatoms. The van der Waals surface area contributed by atoms with E-state index in [-0.39, 0.29) is 11.9 Å². The number of nitrogens with one attached hydrogen (secondary N) is 1. The zero-order chi connectivity index (χ0) is 15.2. The maximum absolute atomic E-state index is 13.4. The van der Waals surface area contributed by atoms with Gasteiger partial charge in [-0.3, -0.25) is 0 Å². The molecule has 0 aliphatic heterocycles. The first kappa shape index (κ1) is 16.3. The molecule has 1 unspecified atom stereocenters. The molecular weight excluding hydrogens is 309 g/mol. The standard InChI is InChI=1S/C16H19ClFNOS/c1-3-6-19-15(16-9-13(20-2)10-21-16)8-11-7-12(18)4-5-14(11)17/h4-5,7,9-10,15,19H,3,6,8H2,1-2H3. The lowest BCUT2D eigenvalue weighted by Gasteiger charge is -2.18. The van der Waals surface area contributed by atoms with Crippen molar-refractivity contribution in [2.45, 2.75) is 25.8 Å². The Labute approximate surface area is 133 Å². The van der Waals surface area contributed by atoms with E-state index >= 15 is 0 Å². The number of halogens is 2. The van der Waals surface area contributed by atoms with Gasteiger partial charge in [0.15, 0.2) is 0 Å². The Hall–Kier alpha value is -1.10. The van der Waals surface area contributed by atoms with Crippen molar-refractivity contribution in [2.24, 2.45) is 0 Å². The minimum Gasteiger partial charge on any atom is -0.496 e. The summed E-state index contributed by atoms with van der Waals surface area (Å²) in [6, 6.07) is 6.63. The molecule has 1 heterocycles. The van der Waals surface area contributed by atoms with Crippen LogP contribution in [0.3, 0.4) is 0 Å². The van der Waals surface area contributed by atoms with Crippen LogP contribution in [-0.4, -0.2) is 13.7 Å². The number of methoxy groups -OCH3 is 1. The van der Waals surface area contributed by atoms with Crippen LogP contribution in [0.1, 0.15) is 29.8 Å². The lowest BCUT2D eigenvalue weighted by molar-refractivity contribution is 0.415. The molecule has 114 valence electrons. The molecule has 1 atom stereocenters. The van der Waals surface area contributed by atoms with Crippen molar-refractivity contribution in [3.05, 3.63) is 50.9 Å². The van der Waals surface area contributed by atoms with Gasteiger partial charge in [-0.2, -0.15) is 0 Å². The Morgan fingerprint density at radius 3 is 2.86 bits per heavy atom. The quantitative estimate of drug-likeness (QED) is 0.786. The van der Waals surface area contributed by atoms with Crippen LogP contribution in [0.15, 0.2) is 29.6 Å². The summed E-state index contributed by atoms with van der Waals surface area (Å²) in [6.07, 6.45) is 1.69. The average molecular weight is 328 g/mol. The maximum Gasteiger partial charge on any atom is 0.129 e. The molecule has 1 aromatic heterocycles. The fourth-order valence-corrected chi connectivity index (χ4v) is 3.26. The minimum atomic E-state index is -0.257. The van der Waals surface area contributed by atoms with E-state index in [1.807, 2.05) is 11.4 Å². The second-order valence-electron chi connectivity index (χ2n) is 4.84. The number of rotatable bonds is 7. The topological polar surface area (TPSA) is 21.3 Å². The van der Waals surface area contributed by atoms with Crippen LogP contribution in [-0.2, 0) is 6.42 Å². The molecule has 0 radical (unpaired) electrons. The van der Waals surface area contributed by atoms with E-state index in [0.29, 0.717) is 11.4 Å². The van der Waals surface area contributed by atoms with Crippen molar-refractivity contribution in [1.29, 1.82) is 0 Å². The highest BCUT2D eigenvalue weighted by atomic mass is 35.5. The normalized spacial score (nSPS) is 12.4. The number of ether oxygens (including phenoxy) is 1. The van der Waals surface area contributed by atoms with Gasteiger partial charge in [0.2, 0.25) is 0 Å². The van der Waals surface area contributed by atoms with Crippen LogP contribution in [0, 0.1) is 5.82 Å². The third kappa shape index (κ3) is 4.43.